The minimum atomic E-state index is -0.568. The molecule has 0 fully saturated rings. The zero-order valence-electron chi connectivity index (χ0n) is 6.66. The lowest BCUT2D eigenvalue weighted by Gasteiger charge is -2.13. The van der Waals surface area contributed by atoms with Gasteiger partial charge in [-0.05, 0) is 0 Å². The second-order valence-electron chi connectivity index (χ2n) is 1.97. The van der Waals surface area contributed by atoms with E-state index in [0.29, 0.717) is 0 Å². The zero-order valence-corrected chi connectivity index (χ0v) is 6.66. The summed E-state index contributed by atoms with van der Waals surface area (Å²) in [7, 11) is 2.75. The van der Waals surface area contributed by atoms with E-state index in [1.54, 1.807) is 0 Å². The monoisotopic (exact) mass is 163 g/mol. The van der Waals surface area contributed by atoms with Gasteiger partial charge in [0, 0.05) is 7.11 Å². The van der Waals surface area contributed by atoms with Crippen LogP contribution < -0.4 is 5.32 Å². The number of ether oxygens (including phenoxy) is 2. The summed E-state index contributed by atoms with van der Waals surface area (Å²) in [6, 6.07) is -0.396. The predicted molar refractivity (Wildman–Crippen MR) is 38.3 cm³/mol. The summed E-state index contributed by atoms with van der Waals surface area (Å²) >= 11 is 0. The number of nitrogens with one attached hydrogen (secondary N) is 1. The molecule has 0 radical (unpaired) electrons. The first-order chi connectivity index (χ1) is 5.24. The van der Waals surface area contributed by atoms with Crippen molar-refractivity contribution < 1.29 is 19.4 Å². The number of methoxy groups -OCH3 is 2. The van der Waals surface area contributed by atoms with E-state index < -0.39 is 12.1 Å². The van der Waals surface area contributed by atoms with E-state index in [-0.39, 0.29) is 13.2 Å². The van der Waals surface area contributed by atoms with Gasteiger partial charge in [0.2, 0.25) is 0 Å². The molecular weight excluding hydrogens is 150 g/mol. The molecule has 0 aliphatic rings. The highest BCUT2D eigenvalue weighted by atomic mass is 16.5. The van der Waals surface area contributed by atoms with Crippen LogP contribution in [-0.2, 0) is 9.47 Å². The van der Waals surface area contributed by atoms with Gasteiger partial charge in [-0.3, -0.25) is 0 Å². The van der Waals surface area contributed by atoms with Crippen molar-refractivity contribution in [2.24, 2.45) is 0 Å². The summed E-state index contributed by atoms with van der Waals surface area (Å²) in [5.74, 6) is 0. The molecule has 0 aromatic heterocycles. The Morgan fingerprint density at radius 3 is 2.64 bits per heavy atom. The summed E-state index contributed by atoms with van der Waals surface area (Å²) in [6.07, 6.45) is -0.568. The lowest BCUT2D eigenvalue weighted by molar-refractivity contribution is 0.115. The number of rotatable bonds is 4. The summed E-state index contributed by atoms with van der Waals surface area (Å²) in [6.45, 7) is 0.106. The van der Waals surface area contributed by atoms with Crippen molar-refractivity contribution in [2.45, 2.75) is 6.04 Å². The first-order valence-electron chi connectivity index (χ1n) is 3.18. The van der Waals surface area contributed by atoms with Crippen LogP contribution in [0.4, 0.5) is 4.79 Å². The maximum atomic E-state index is 10.6. The number of carbonyl (C=O) groups excluding carboxylic acids is 1. The van der Waals surface area contributed by atoms with E-state index in [1.807, 2.05) is 0 Å². The minimum Gasteiger partial charge on any atom is -0.453 e. The molecule has 5 heteroatoms. The number of carbonyl (C=O) groups is 1. The number of aliphatic hydroxyl groups excluding tert-OH is 1. The normalized spacial score (nSPS) is 12.3. The quantitative estimate of drug-likeness (QED) is 0.578. The van der Waals surface area contributed by atoms with Gasteiger partial charge in [-0.15, -0.1) is 0 Å². The molecular formula is C6H13NO4. The molecule has 0 aliphatic heterocycles. The number of alkyl carbamates (subject to hydrolysis) is 1. The van der Waals surface area contributed by atoms with Gasteiger partial charge in [0.25, 0.3) is 0 Å². The number of hydrogen-bond donors (Lipinski definition) is 2. The molecule has 2 N–H and O–H groups in total. The van der Waals surface area contributed by atoms with Crippen molar-refractivity contribution in [2.75, 3.05) is 27.4 Å². The van der Waals surface area contributed by atoms with Crippen LogP contribution in [0.1, 0.15) is 0 Å². The van der Waals surface area contributed by atoms with Crippen molar-refractivity contribution in [3.05, 3.63) is 0 Å². The minimum absolute atomic E-state index is 0.164. The number of amides is 1. The Labute approximate surface area is 65.3 Å². The van der Waals surface area contributed by atoms with E-state index in [2.05, 4.69) is 10.1 Å². The molecule has 11 heavy (non-hydrogen) atoms. The van der Waals surface area contributed by atoms with Crippen molar-refractivity contribution >= 4 is 6.09 Å². The molecule has 0 heterocycles. The maximum absolute atomic E-state index is 10.6. The molecule has 1 amide bonds. The third-order valence-corrected chi connectivity index (χ3v) is 1.10. The zero-order chi connectivity index (χ0) is 8.69. The molecule has 5 nitrogen and oxygen atoms in total. The van der Waals surface area contributed by atoms with Gasteiger partial charge in [-0.1, -0.05) is 0 Å². The van der Waals surface area contributed by atoms with E-state index in [4.69, 9.17) is 9.84 Å². The Kier molecular flexibility index (Phi) is 5.50. The van der Waals surface area contributed by atoms with Gasteiger partial charge >= 0.3 is 6.09 Å². The number of aliphatic hydroxyl groups is 1. The van der Waals surface area contributed by atoms with E-state index in [0.717, 1.165) is 0 Å². The third kappa shape index (κ3) is 4.58. The van der Waals surface area contributed by atoms with Gasteiger partial charge in [0.1, 0.15) is 0 Å². The van der Waals surface area contributed by atoms with Crippen LogP contribution in [0.5, 0.6) is 0 Å². The Balaban J connectivity index is 3.58. The van der Waals surface area contributed by atoms with Gasteiger partial charge in [-0.2, -0.15) is 0 Å². The molecule has 0 aliphatic carbocycles. The Hall–Kier alpha value is -0.810. The fourth-order valence-electron chi connectivity index (χ4n) is 0.567. The predicted octanol–water partition coefficient (Wildman–Crippen LogP) is -0.650. The standard InChI is InChI=1S/C6H13NO4/c1-10-4-5(3-8)7-6(9)11-2/h5,8H,3-4H2,1-2H3,(H,7,9). The topological polar surface area (TPSA) is 67.8 Å². The summed E-state index contributed by atoms with van der Waals surface area (Å²) in [5.41, 5.74) is 0. The van der Waals surface area contributed by atoms with Crippen molar-refractivity contribution in [1.29, 1.82) is 0 Å². The second kappa shape index (κ2) is 5.94. The van der Waals surface area contributed by atoms with Crippen LogP contribution in [0.3, 0.4) is 0 Å². The second-order valence-corrected chi connectivity index (χ2v) is 1.97. The molecule has 0 aromatic carbocycles. The molecule has 0 saturated carbocycles. The molecule has 0 spiro atoms. The highest BCUT2D eigenvalue weighted by Gasteiger charge is 2.09. The molecule has 0 rings (SSSR count). The largest absolute Gasteiger partial charge is 0.453 e. The van der Waals surface area contributed by atoms with Crippen molar-refractivity contribution in [3.63, 3.8) is 0 Å². The fourth-order valence-corrected chi connectivity index (χ4v) is 0.567. The van der Waals surface area contributed by atoms with E-state index >= 15 is 0 Å². The maximum Gasteiger partial charge on any atom is 0.407 e. The molecule has 1 unspecified atom stereocenters. The van der Waals surface area contributed by atoms with E-state index in [9.17, 15) is 4.79 Å². The first kappa shape index (κ1) is 10.2. The van der Waals surface area contributed by atoms with Crippen LogP contribution in [0, 0.1) is 0 Å². The van der Waals surface area contributed by atoms with Crippen LogP contribution >= 0.6 is 0 Å². The Morgan fingerprint density at radius 2 is 2.27 bits per heavy atom. The SMILES string of the molecule is COCC(CO)NC(=O)OC. The molecule has 66 valence electrons. The summed E-state index contributed by atoms with van der Waals surface area (Å²) < 4.78 is 9.02. The summed E-state index contributed by atoms with van der Waals surface area (Å²) in [5, 5.41) is 11.0. The first-order valence-corrected chi connectivity index (χ1v) is 3.18. The molecule has 1 atom stereocenters. The highest BCUT2D eigenvalue weighted by molar-refractivity contribution is 5.67. The summed E-state index contributed by atoms with van der Waals surface area (Å²) in [4.78, 5) is 10.6. The van der Waals surface area contributed by atoms with Crippen molar-refractivity contribution in [1.82, 2.24) is 5.32 Å². The smallest absolute Gasteiger partial charge is 0.407 e. The van der Waals surface area contributed by atoms with Crippen LogP contribution in [-0.4, -0.2) is 44.7 Å². The van der Waals surface area contributed by atoms with Gasteiger partial charge < -0.3 is 19.9 Å². The lowest BCUT2D eigenvalue weighted by Crippen LogP contribution is -2.40. The Morgan fingerprint density at radius 1 is 1.64 bits per heavy atom. The van der Waals surface area contributed by atoms with Gasteiger partial charge in [0.15, 0.2) is 0 Å². The average molecular weight is 163 g/mol. The Bertz CT molecular complexity index is 117. The van der Waals surface area contributed by atoms with Crippen LogP contribution in [0.15, 0.2) is 0 Å². The van der Waals surface area contributed by atoms with Crippen LogP contribution in [0.25, 0.3) is 0 Å². The van der Waals surface area contributed by atoms with Gasteiger partial charge in [-0.25, -0.2) is 4.79 Å². The third-order valence-electron chi connectivity index (χ3n) is 1.10. The highest BCUT2D eigenvalue weighted by Crippen LogP contribution is 1.84. The number of hydrogen-bond acceptors (Lipinski definition) is 4. The fraction of sp³-hybridized carbons (Fsp3) is 0.833. The molecule has 0 aromatic rings. The lowest BCUT2D eigenvalue weighted by atomic mass is 10.3. The molecule has 0 saturated heterocycles. The van der Waals surface area contributed by atoms with Gasteiger partial charge in [0.05, 0.1) is 26.4 Å². The van der Waals surface area contributed by atoms with E-state index in [1.165, 1.54) is 14.2 Å². The average Bonchev–Trinajstić information content (AvgIpc) is 2.03. The van der Waals surface area contributed by atoms with Crippen LogP contribution in [0.2, 0.25) is 0 Å². The van der Waals surface area contributed by atoms with Crippen molar-refractivity contribution in [3.8, 4) is 0 Å². The molecule has 0 bridgehead atoms.